The molecule has 0 spiro atoms. The molecule has 0 amide bonds. The van der Waals surface area contributed by atoms with Crippen LogP contribution in [0.1, 0.15) is 175 Å². The average molecular weight is 453 g/mol. The topological polar surface area (TPSA) is 26.3 Å². The van der Waals surface area contributed by atoms with Crippen molar-refractivity contribution >= 4 is 5.97 Å². The molecule has 0 aliphatic heterocycles. The zero-order valence-corrected chi connectivity index (χ0v) is 22.6. The summed E-state index contributed by atoms with van der Waals surface area (Å²) < 4.78 is 5.73. The van der Waals surface area contributed by atoms with E-state index in [4.69, 9.17) is 4.74 Å². The molecule has 32 heavy (non-hydrogen) atoms. The van der Waals surface area contributed by atoms with Crippen LogP contribution in [0.4, 0.5) is 0 Å². The maximum absolute atomic E-state index is 12.2. The monoisotopic (exact) mass is 452 g/mol. The molecule has 0 saturated carbocycles. The van der Waals surface area contributed by atoms with Gasteiger partial charge in [0.15, 0.2) is 0 Å². The maximum atomic E-state index is 12.2. The van der Waals surface area contributed by atoms with E-state index in [0.29, 0.717) is 18.9 Å². The van der Waals surface area contributed by atoms with Crippen LogP contribution >= 0.6 is 0 Å². The highest BCUT2D eigenvalue weighted by atomic mass is 16.5. The fourth-order valence-corrected chi connectivity index (χ4v) is 4.60. The van der Waals surface area contributed by atoms with Crippen molar-refractivity contribution in [1.82, 2.24) is 0 Å². The Morgan fingerprint density at radius 2 is 0.844 bits per heavy atom. The van der Waals surface area contributed by atoms with Gasteiger partial charge in [0.2, 0.25) is 0 Å². The fourth-order valence-electron chi connectivity index (χ4n) is 4.60. The summed E-state index contributed by atoms with van der Waals surface area (Å²) in [6.45, 7) is 7.49. The summed E-state index contributed by atoms with van der Waals surface area (Å²) >= 11 is 0. The van der Waals surface area contributed by atoms with Crippen LogP contribution in [0.2, 0.25) is 0 Å². The number of unbranched alkanes of at least 4 members (excludes halogenated alkanes) is 18. The van der Waals surface area contributed by atoms with Crippen LogP contribution in [-0.2, 0) is 9.53 Å². The lowest BCUT2D eigenvalue weighted by Crippen LogP contribution is -2.14. The molecule has 0 aliphatic rings. The lowest BCUT2D eigenvalue weighted by Gasteiger charge is -2.17. The summed E-state index contributed by atoms with van der Waals surface area (Å²) in [6.07, 6.45) is 30.9. The highest BCUT2D eigenvalue weighted by Gasteiger charge is 2.12. The number of carbonyl (C=O) groups excluding carboxylic acids is 1. The van der Waals surface area contributed by atoms with Gasteiger partial charge in [-0.25, -0.2) is 0 Å². The predicted octanol–water partition coefficient (Wildman–Crippen LogP) is 10.6. The van der Waals surface area contributed by atoms with Crippen LogP contribution in [0.5, 0.6) is 0 Å². The standard InChI is InChI=1S/C30H60O2/c1-4-7-10-13-16-17-18-21-24-27-30(31)32-28-29(25-22-19-14-11-8-5-2)26-23-20-15-12-9-6-3/h29H,4-28H2,1-3H3. The molecular weight excluding hydrogens is 392 g/mol. The summed E-state index contributed by atoms with van der Waals surface area (Å²) in [5.74, 6) is 0.628. The molecule has 0 atom stereocenters. The molecule has 0 aliphatic carbocycles. The molecule has 0 saturated heterocycles. The molecule has 0 heterocycles. The zero-order valence-electron chi connectivity index (χ0n) is 22.6. The minimum atomic E-state index is 0.0452. The van der Waals surface area contributed by atoms with Gasteiger partial charge < -0.3 is 4.74 Å². The van der Waals surface area contributed by atoms with E-state index in [2.05, 4.69) is 20.8 Å². The van der Waals surface area contributed by atoms with E-state index in [1.807, 2.05) is 0 Å². The average Bonchev–Trinajstić information content (AvgIpc) is 2.80. The van der Waals surface area contributed by atoms with Crippen molar-refractivity contribution in [1.29, 1.82) is 0 Å². The van der Waals surface area contributed by atoms with E-state index in [-0.39, 0.29) is 5.97 Å². The summed E-state index contributed by atoms with van der Waals surface area (Å²) in [6, 6.07) is 0. The molecule has 0 unspecified atom stereocenters. The van der Waals surface area contributed by atoms with Crippen molar-refractivity contribution in [3.05, 3.63) is 0 Å². The number of ether oxygens (including phenoxy) is 1. The Bertz CT molecular complexity index is 350. The van der Waals surface area contributed by atoms with E-state index in [9.17, 15) is 4.79 Å². The first-order chi connectivity index (χ1) is 15.7. The predicted molar refractivity (Wildman–Crippen MR) is 142 cm³/mol. The number of hydrogen-bond acceptors (Lipinski definition) is 2. The molecule has 0 N–H and O–H groups in total. The van der Waals surface area contributed by atoms with Crippen molar-refractivity contribution < 1.29 is 9.53 Å². The Morgan fingerprint density at radius 3 is 1.25 bits per heavy atom. The van der Waals surface area contributed by atoms with E-state index in [0.717, 1.165) is 6.42 Å². The largest absolute Gasteiger partial charge is 0.465 e. The lowest BCUT2D eigenvalue weighted by molar-refractivity contribution is -0.145. The Kier molecular flexibility index (Phi) is 26.3. The molecule has 0 aromatic rings. The molecule has 0 aromatic carbocycles. The number of carbonyl (C=O) groups is 1. The molecule has 0 fully saturated rings. The first-order valence-electron chi connectivity index (χ1n) is 14.9. The molecule has 0 radical (unpaired) electrons. The van der Waals surface area contributed by atoms with Crippen LogP contribution in [-0.4, -0.2) is 12.6 Å². The van der Waals surface area contributed by atoms with Gasteiger partial charge in [0.1, 0.15) is 0 Å². The minimum Gasteiger partial charge on any atom is -0.465 e. The molecule has 0 rings (SSSR count). The van der Waals surface area contributed by atoms with Crippen molar-refractivity contribution in [2.45, 2.75) is 175 Å². The van der Waals surface area contributed by atoms with E-state index in [1.165, 1.54) is 141 Å². The molecule has 2 nitrogen and oxygen atoms in total. The van der Waals surface area contributed by atoms with Gasteiger partial charge in [-0.15, -0.1) is 0 Å². The van der Waals surface area contributed by atoms with Gasteiger partial charge in [-0.05, 0) is 25.2 Å². The zero-order chi connectivity index (χ0) is 23.5. The smallest absolute Gasteiger partial charge is 0.305 e. The number of hydrogen-bond donors (Lipinski definition) is 0. The summed E-state index contributed by atoms with van der Waals surface area (Å²) in [7, 11) is 0. The van der Waals surface area contributed by atoms with E-state index >= 15 is 0 Å². The summed E-state index contributed by atoms with van der Waals surface area (Å²) in [4.78, 5) is 12.2. The van der Waals surface area contributed by atoms with Crippen molar-refractivity contribution in [3.63, 3.8) is 0 Å². The van der Waals surface area contributed by atoms with Crippen LogP contribution in [0.25, 0.3) is 0 Å². The second-order valence-corrected chi connectivity index (χ2v) is 10.2. The van der Waals surface area contributed by atoms with Crippen LogP contribution < -0.4 is 0 Å². The Balaban J connectivity index is 3.90. The number of rotatable bonds is 26. The lowest BCUT2D eigenvalue weighted by atomic mass is 9.94. The first-order valence-corrected chi connectivity index (χ1v) is 14.9. The van der Waals surface area contributed by atoms with Gasteiger partial charge in [0.05, 0.1) is 6.61 Å². The van der Waals surface area contributed by atoms with E-state index < -0.39 is 0 Å². The maximum Gasteiger partial charge on any atom is 0.305 e. The quantitative estimate of drug-likeness (QED) is 0.0963. The van der Waals surface area contributed by atoms with E-state index in [1.54, 1.807) is 0 Å². The van der Waals surface area contributed by atoms with Crippen molar-refractivity contribution in [2.24, 2.45) is 5.92 Å². The second-order valence-electron chi connectivity index (χ2n) is 10.2. The van der Waals surface area contributed by atoms with Crippen LogP contribution in [0.15, 0.2) is 0 Å². The van der Waals surface area contributed by atoms with Gasteiger partial charge in [0.25, 0.3) is 0 Å². The molecule has 0 bridgehead atoms. The van der Waals surface area contributed by atoms with Gasteiger partial charge in [-0.2, -0.15) is 0 Å². The molecule has 0 aromatic heterocycles. The first kappa shape index (κ1) is 31.5. The summed E-state index contributed by atoms with van der Waals surface area (Å²) in [5.41, 5.74) is 0. The Morgan fingerprint density at radius 1 is 0.500 bits per heavy atom. The molecular formula is C30H60O2. The number of esters is 1. The minimum absolute atomic E-state index is 0.0452. The fraction of sp³-hybridized carbons (Fsp3) is 0.967. The Hall–Kier alpha value is -0.530. The molecule has 192 valence electrons. The normalized spacial score (nSPS) is 11.4. The van der Waals surface area contributed by atoms with Crippen molar-refractivity contribution in [2.75, 3.05) is 6.61 Å². The highest BCUT2D eigenvalue weighted by molar-refractivity contribution is 5.69. The van der Waals surface area contributed by atoms with Gasteiger partial charge >= 0.3 is 5.97 Å². The SMILES string of the molecule is CCCCCCCCCCCC(=O)OCC(CCCCCCCC)CCCCCCCC. The third-order valence-electron chi connectivity index (χ3n) is 6.90. The van der Waals surface area contributed by atoms with Crippen LogP contribution in [0, 0.1) is 5.92 Å². The molecule has 2 heteroatoms. The van der Waals surface area contributed by atoms with Gasteiger partial charge in [-0.1, -0.05) is 149 Å². The second kappa shape index (κ2) is 26.7. The highest BCUT2D eigenvalue weighted by Crippen LogP contribution is 2.20. The Labute approximate surface area is 203 Å². The van der Waals surface area contributed by atoms with Crippen LogP contribution in [0.3, 0.4) is 0 Å². The third kappa shape index (κ3) is 24.1. The van der Waals surface area contributed by atoms with Crippen molar-refractivity contribution in [3.8, 4) is 0 Å². The third-order valence-corrected chi connectivity index (χ3v) is 6.90. The summed E-state index contributed by atoms with van der Waals surface area (Å²) in [5, 5.41) is 0. The van der Waals surface area contributed by atoms with Gasteiger partial charge in [-0.3, -0.25) is 4.79 Å². The van der Waals surface area contributed by atoms with Gasteiger partial charge in [0, 0.05) is 6.42 Å².